The van der Waals surface area contributed by atoms with E-state index in [2.05, 4.69) is 4.72 Å². The van der Waals surface area contributed by atoms with Gasteiger partial charge in [-0.25, -0.2) is 22.3 Å². The molecule has 0 spiro atoms. The van der Waals surface area contributed by atoms with E-state index in [1.807, 2.05) is 0 Å². The van der Waals surface area contributed by atoms with Gasteiger partial charge in [-0.3, -0.25) is 0 Å². The maximum absolute atomic E-state index is 13.5. The molecule has 1 saturated carbocycles. The summed E-state index contributed by atoms with van der Waals surface area (Å²) in [5, 5.41) is 8.27. The van der Waals surface area contributed by atoms with Crippen LogP contribution in [0.4, 0.5) is 4.39 Å². The lowest BCUT2D eigenvalue weighted by atomic mass is 10.2. The van der Waals surface area contributed by atoms with Crippen LogP contribution in [-0.4, -0.2) is 26.0 Å². The minimum atomic E-state index is -3.94. The number of carboxylic acid groups (broad SMARTS) is 1. The summed E-state index contributed by atoms with van der Waals surface area (Å²) in [5.74, 6) is -2.01. The van der Waals surface area contributed by atoms with Gasteiger partial charge in [0.15, 0.2) is 0 Å². The highest BCUT2D eigenvalue weighted by atomic mass is 35.5. The molecule has 0 aliphatic heterocycles. The molecule has 0 heterocycles. The van der Waals surface area contributed by atoms with E-state index in [9.17, 15) is 17.6 Å². The molecule has 1 aromatic carbocycles. The van der Waals surface area contributed by atoms with Crippen LogP contribution in [0.5, 0.6) is 0 Å². The second-order valence-electron chi connectivity index (χ2n) is 4.70. The smallest absolute Gasteiger partial charge is 0.337 e. The maximum Gasteiger partial charge on any atom is 0.337 e. The number of carbonyl (C=O) groups is 1. The van der Waals surface area contributed by atoms with E-state index in [1.54, 1.807) is 0 Å². The SMILES string of the molecule is O=C(O)c1cc(S(=O)(=O)NCCC2CC2)cc(F)c1Cl. The zero-order chi connectivity index (χ0) is 14.9. The zero-order valence-electron chi connectivity index (χ0n) is 10.4. The first kappa shape index (κ1) is 15.2. The fourth-order valence-electron chi connectivity index (χ4n) is 1.76. The predicted molar refractivity (Wildman–Crippen MR) is 70.9 cm³/mol. The van der Waals surface area contributed by atoms with Gasteiger partial charge in [0, 0.05) is 6.54 Å². The Kier molecular flexibility index (Phi) is 4.31. The van der Waals surface area contributed by atoms with Crippen LogP contribution in [-0.2, 0) is 10.0 Å². The van der Waals surface area contributed by atoms with Crippen molar-refractivity contribution in [3.63, 3.8) is 0 Å². The van der Waals surface area contributed by atoms with Crippen LogP contribution in [0, 0.1) is 11.7 Å². The molecule has 1 aliphatic carbocycles. The molecular weight excluding hydrogens is 309 g/mol. The zero-order valence-corrected chi connectivity index (χ0v) is 12.0. The predicted octanol–water partition coefficient (Wildman–Crippen LogP) is 2.26. The lowest BCUT2D eigenvalue weighted by molar-refractivity contribution is 0.0696. The molecule has 0 aromatic heterocycles. The first-order valence-corrected chi connectivity index (χ1v) is 7.89. The second-order valence-corrected chi connectivity index (χ2v) is 6.85. The standard InChI is InChI=1S/C12H13ClFNO4S/c13-11-9(12(16)17)5-8(6-10(11)14)20(18,19)15-4-3-7-1-2-7/h5-7,15H,1-4H2,(H,16,17). The topological polar surface area (TPSA) is 83.5 Å². The molecule has 1 fully saturated rings. The normalized spacial score (nSPS) is 15.3. The lowest BCUT2D eigenvalue weighted by Gasteiger charge is -2.08. The first-order chi connectivity index (χ1) is 9.31. The number of hydrogen-bond donors (Lipinski definition) is 2. The lowest BCUT2D eigenvalue weighted by Crippen LogP contribution is -2.25. The van der Waals surface area contributed by atoms with Crippen molar-refractivity contribution in [2.45, 2.75) is 24.2 Å². The fourth-order valence-corrected chi connectivity index (χ4v) is 3.04. The Labute approximate surface area is 120 Å². The van der Waals surface area contributed by atoms with Gasteiger partial charge in [0.1, 0.15) is 5.82 Å². The molecule has 0 unspecified atom stereocenters. The van der Waals surface area contributed by atoms with Gasteiger partial charge in [0.25, 0.3) is 0 Å². The first-order valence-electron chi connectivity index (χ1n) is 6.03. The van der Waals surface area contributed by atoms with E-state index in [0.29, 0.717) is 12.0 Å². The summed E-state index contributed by atoms with van der Waals surface area (Å²) < 4.78 is 39.7. The number of rotatable bonds is 6. The summed E-state index contributed by atoms with van der Waals surface area (Å²) in [6.45, 7) is 0.250. The Balaban J connectivity index is 2.23. The quantitative estimate of drug-likeness (QED) is 0.841. The maximum atomic E-state index is 13.5. The van der Waals surface area contributed by atoms with Crippen molar-refractivity contribution >= 4 is 27.6 Å². The van der Waals surface area contributed by atoms with Gasteiger partial charge >= 0.3 is 5.97 Å². The molecule has 5 nitrogen and oxygen atoms in total. The van der Waals surface area contributed by atoms with Crippen molar-refractivity contribution in [2.75, 3.05) is 6.54 Å². The third kappa shape index (κ3) is 3.47. The Hall–Kier alpha value is -1.18. The Morgan fingerprint density at radius 1 is 1.45 bits per heavy atom. The van der Waals surface area contributed by atoms with Crippen molar-refractivity contribution in [1.82, 2.24) is 4.72 Å². The Morgan fingerprint density at radius 3 is 2.65 bits per heavy atom. The summed E-state index contributed by atoms with van der Waals surface area (Å²) in [4.78, 5) is 10.5. The van der Waals surface area contributed by atoms with Gasteiger partial charge < -0.3 is 5.11 Å². The van der Waals surface area contributed by atoms with Crippen molar-refractivity contribution in [2.24, 2.45) is 5.92 Å². The molecule has 0 atom stereocenters. The number of hydrogen-bond acceptors (Lipinski definition) is 3. The number of aromatic carboxylic acids is 1. The molecular formula is C12H13ClFNO4S. The summed E-state index contributed by atoms with van der Waals surface area (Å²) in [5.41, 5.74) is -0.575. The van der Waals surface area contributed by atoms with Crippen LogP contribution in [0.15, 0.2) is 17.0 Å². The Morgan fingerprint density at radius 2 is 2.10 bits per heavy atom. The highest BCUT2D eigenvalue weighted by Crippen LogP contribution is 2.32. The van der Waals surface area contributed by atoms with E-state index in [4.69, 9.17) is 16.7 Å². The number of nitrogens with one attached hydrogen (secondary N) is 1. The minimum Gasteiger partial charge on any atom is -0.478 e. The van der Waals surface area contributed by atoms with Crippen LogP contribution in [0.3, 0.4) is 0 Å². The van der Waals surface area contributed by atoms with Crippen molar-refractivity contribution in [1.29, 1.82) is 0 Å². The average molecular weight is 322 g/mol. The number of benzene rings is 1. The van der Waals surface area contributed by atoms with Gasteiger partial charge in [-0.1, -0.05) is 24.4 Å². The summed E-state index contributed by atoms with van der Waals surface area (Å²) in [6.07, 6.45) is 2.92. The van der Waals surface area contributed by atoms with Gasteiger partial charge in [-0.2, -0.15) is 0 Å². The molecule has 2 N–H and O–H groups in total. The van der Waals surface area contributed by atoms with Gasteiger partial charge in [0.2, 0.25) is 10.0 Å². The highest BCUT2D eigenvalue weighted by Gasteiger charge is 2.24. The van der Waals surface area contributed by atoms with E-state index < -0.39 is 37.3 Å². The molecule has 110 valence electrons. The van der Waals surface area contributed by atoms with Crippen molar-refractivity contribution in [3.8, 4) is 0 Å². The monoisotopic (exact) mass is 321 g/mol. The molecule has 2 rings (SSSR count). The molecule has 1 aromatic rings. The van der Waals surface area contributed by atoms with Crippen LogP contribution in [0.1, 0.15) is 29.6 Å². The number of sulfonamides is 1. The molecule has 20 heavy (non-hydrogen) atoms. The van der Waals surface area contributed by atoms with Gasteiger partial charge in [-0.05, 0) is 24.5 Å². The largest absolute Gasteiger partial charge is 0.478 e. The fraction of sp³-hybridized carbons (Fsp3) is 0.417. The molecule has 0 amide bonds. The van der Waals surface area contributed by atoms with Crippen LogP contribution >= 0.6 is 11.6 Å². The third-order valence-electron chi connectivity index (χ3n) is 3.08. The van der Waals surface area contributed by atoms with Crippen molar-refractivity contribution < 1.29 is 22.7 Å². The van der Waals surface area contributed by atoms with E-state index in [-0.39, 0.29) is 6.54 Å². The van der Waals surface area contributed by atoms with E-state index in [1.165, 1.54) is 0 Å². The van der Waals surface area contributed by atoms with Gasteiger partial charge in [-0.15, -0.1) is 0 Å². The molecule has 0 radical (unpaired) electrons. The second kappa shape index (κ2) is 5.67. The van der Waals surface area contributed by atoms with Gasteiger partial charge in [0.05, 0.1) is 15.5 Å². The number of halogens is 2. The Bertz CT molecular complexity index is 643. The summed E-state index contributed by atoms with van der Waals surface area (Å²) in [6, 6.07) is 1.57. The van der Waals surface area contributed by atoms with E-state index >= 15 is 0 Å². The van der Waals surface area contributed by atoms with Crippen LogP contribution in [0.2, 0.25) is 5.02 Å². The minimum absolute atomic E-state index is 0.250. The van der Waals surface area contributed by atoms with Crippen LogP contribution in [0.25, 0.3) is 0 Å². The van der Waals surface area contributed by atoms with Crippen molar-refractivity contribution in [3.05, 3.63) is 28.5 Å². The average Bonchev–Trinajstić information content (AvgIpc) is 3.15. The van der Waals surface area contributed by atoms with E-state index in [0.717, 1.165) is 25.3 Å². The molecule has 1 aliphatic rings. The summed E-state index contributed by atoms with van der Waals surface area (Å²) >= 11 is 5.49. The van der Waals surface area contributed by atoms with Crippen LogP contribution < -0.4 is 4.72 Å². The molecule has 0 bridgehead atoms. The third-order valence-corrected chi connectivity index (χ3v) is 4.91. The number of carboxylic acids is 1. The highest BCUT2D eigenvalue weighted by molar-refractivity contribution is 7.89. The molecule has 8 heteroatoms. The molecule has 0 saturated heterocycles. The summed E-state index contributed by atoms with van der Waals surface area (Å²) in [7, 11) is -3.94.